The number of hydrogen-bond donors (Lipinski definition) is 1. The van der Waals surface area contributed by atoms with Gasteiger partial charge in [-0.3, -0.25) is 9.59 Å². The second-order valence-corrected chi connectivity index (χ2v) is 7.92. The summed E-state index contributed by atoms with van der Waals surface area (Å²) in [5, 5.41) is 8.63. The first-order valence-electron chi connectivity index (χ1n) is 9.29. The molecular weight excluding hydrogens is 344 g/mol. The molecule has 0 aliphatic carbocycles. The maximum absolute atomic E-state index is 12.4. The van der Waals surface area contributed by atoms with Crippen molar-refractivity contribution in [3.05, 3.63) is 60.2 Å². The Kier molecular flexibility index (Phi) is 8.69. The van der Waals surface area contributed by atoms with Crippen LogP contribution in [-0.2, 0) is 9.59 Å². The molecule has 3 nitrogen and oxygen atoms in total. The molecule has 0 spiro atoms. The van der Waals surface area contributed by atoms with Crippen molar-refractivity contribution in [2.45, 2.75) is 38.5 Å². The van der Waals surface area contributed by atoms with Crippen molar-refractivity contribution in [2.75, 3.05) is 11.5 Å². The minimum atomic E-state index is -0.731. The van der Waals surface area contributed by atoms with Gasteiger partial charge in [0, 0.05) is 12.3 Å². The summed E-state index contributed by atoms with van der Waals surface area (Å²) in [6, 6.07) is 9.90. The van der Waals surface area contributed by atoms with Gasteiger partial charge in [-0.2, -0.15) is 11.8 Å². The van der Waals surface area contributed by atoms with Crippen molar-refractivity contribution < 1.29 is 14.7 Å². The van der Waals surface area contributed by atoms with E-state index in [9.17, 15) is 9.59 Å². The van der Waals surface area contributed by atoms with Crippen molar-refractivity contribution in [3.63, 3.8) is 0 Å². The monoisotopic (exact) mass is 372 g/mol. The number of rotatable bonds is 10. The van der Waals surface area contributed by atoms with Crippen LogP contribution in [0.2, 0.25) is 0 Å². The topological polar surface area (TPSA) is 54.4 Å². The van der Waals surface area contributed by atoms with E-state index in [1.807, 2.05) is 49.0 Å². The highest BCUT2D eigenvalue weighted by atomic mass is 32.2. The number of ketones is 1. The Bertz CT molecular complexity index is 636. The number of carbonyl (C=O) groups excluding carboxylic acids is 1. The van der Waals surface area contributed by atoms with Gasteiger partial charge in [0.15, 0.2) is 5.78 Å². The van der Waals surface area contributed by atoms with E-state index in [0.717, 1.165) is 29.9 Å². The van der Waals surface area contributed by atoms with Gasteiger partial charge in [0.1, 0.15) is 0 Å². The van der Waals surface area contributed by atoms with Crippen molar-refractivity contribution in [1.29, 1.82) is 0 Å². The Morgan fingerprint density at radius 1 is 1.23 bits per heavy atom. The van der Waals surface area contributed by atoms with Gasteiger partial charge in [-0.05, 0) is 54.2 Å². The van der Waals surface area contributed by atoms with Crippen molar-refractivity contribution in [3.8, 4) is 0 Å². The molecule has 1 aliphatic heterocycles. The number of unbranched alkanes of at least 4 members (excludes halogenated alkanes) is 1. The molecule has 1 unspecified atom stereocenters. The van der Waals surface area contributed by atoms with E-state index >= 15 is 0 Å². The third kappa shape index (κ3) is 6.83. The SMILES string of the molecule is CC(C(=O)/C=C/[C@@H]1CSC[C@@H]1C/C=C\CCCC(=O)O)c1ccccc1. The Balaban J connectivity index is 1.80. The van der Waals surface area contributed by atoms with Crippen LogP contribution in [0.5, 0.6) is 0 Å². The first-order chi connectivity index (χ1) is 12.6. The van der Waals surface area contributed by atoms with Crippen LogP contribution in [0.4, 0.5) is 0 Å². The number of carbonyl (C=O) groups is 2. The molecule has 2 rings (SSSR count). The maximum Gasteiger partial charge on any atom is 0.303 e. The Morgan fingerprint density at radius 3 is 2.73 bits per heavy atom. The lowest BCUT2D eigenvalue weighted by Crippen LogP contribution is -2.11. The van der Waals surface area contributed by atoms with Gasteiger partial charge in [0.25, 0.3) is 0 Å². The van der Waals surface area contributed by atoms with Crippen LogP contribution in [0, 0.1) is 11.8 Å². The molecule has 4 heteroatoms. The molecule has 0 bridgehead atoms. The number of aliphatic carboxylic acids is 1. The fourth-order valence-corrected chi connectivity index (χ4v) is 4.58. The van der Waals surface area contributed by atoms with Crippen LogP contribution in [0.3, 0.4) is 0 Å². The normalized spacial score (nSPS) is 21.4. The minimum Gasteiger partial charge on any atom is -0.481 e. The highest BCUT2D eigenvalue weighted by Crippen LogP contribution is 2.33. The lowest BCUT2D eigenvalue weighted by atomic mass is 9.90. The lowest BCUT2D eigenvalue weighted by Gasteiger charge is -2.13. The fourth-order valence-electron chi connectivity index (χ4n) is 3.10. The second-order valence-electron chi connectivity index (χ2n) is 6.85. The number of carboxylic acid groups (broad SMARTS) is 1. The predicted octanol–water partition coefficient (Wildman–Crippen LogP) is 5.10. The van der Waals surface area contributed by atoms with E-state index < -0.39 is 5.97 Å². The Hall–Kier alpha value is -1.81. The van der Waals surface area contributed by atoms with Crippen molar-refractivity contribution in [2.24, 2.45) is 11.8 Å². The van der Waals surface area contributed by atoms with E-state index in [4.69, 9.17) is 5.11 Å². The molecule has 1 heterocycles. The van der Waals surface area contributed by atoms with E-state index in [0.29, 0.717) is 18.3 Å². The summed E-state index contributed by atoms with van der Waals surface area (Å²) in [5.74, 6) is 2.52. The van der Waals surface area contributed by atoms with E-state index in [1.165, 1.54) is 0 Å². The highest BCUT2D eigenvalue weighted by molar-refractivity contribution is 7.99. The first-order valence-corrected chi connectivity index (χ1v) is 10.4. The van der Waals surface area contributed by atoms with E-state index in [1.54, 1.807) is 6.08 Å². The quantitative estimate of drug-likeness (QED) is 0.353. The molecule has 1 aromatic carbocycles. The zero-order valence-electron chi connectivity index (χ0n) is 15.3. The molecule has 1 aromatic rings. The number of carboxylic acids is 1. The third-order valence-electron chi connectivity index (χ3n) is 4.85. The van der Waals surface area contributed by atoms with E-state index in [-0.39, 0.29) is 18.1 Å². The van der Waals surface area contributed by atoms with Crippen molar-refractivity contribution >= 4 is 23.5 Å². The molecule has 3 atom stereocenters. The summed E-state index contributed by atoms with van der Waals surface area (Å²) < 4.78 is 0. The van der Waals surface area contributed by atoms with Crippen LogP contribution < -0.4 is 0 Å². The molecule has 1 N–H and O–H groups in total. The zero-order chi connectivity index (χ0) is 18.8. The number of benzene rings is 1. The van der Waals surface area contributed by atoms with Gasteiger partial charge in [-0.15, -0.1) is 0 Å². The van der Waals surface area contributed by atoms with Crippen LogP contribution in [0.25, 0.3) is 0 Å². The summed E-state index contributed by atoms with van der Waals surface area (Å²) in [7, 11) is 0. The zero-order valence-corrected chi connectivity index (χ0v) is 16.2. The van der Waals surface area contributed by atoms with Gasteiger partial charge < -0.3 is 5.11 Å². The molecule has 0 aromatic heterocycles. The van der Waals surface area contributed by atoms with Crippen LogP contribution >= 0.6 is 11.8 Å². The highest BCUT2D eigenvalue weighted by Gasteiger charge is 2.25. The lowest BCUT2D eigenvalue weighted by molar-refractivity contribution is -0.137. The molecule has 0 amide bonds. The third-order valence-corrected chi connectivity index (χ3v) is 6.13. The van der Waals surface area contributed by atoms with Crippen LogP contribution in [0.1, 0.15) is 44.1 Å². The predicted molar refractivity (Wildman–Crippen MR) is 109 cm³/mol. The summed E-state index contributed by atoms with van der Waals surface area (Å²) in [6.07, 6.45) is 10.9. The molecule has 26 heavy (non-hydrogen) atoms. The van der Waals surface area contributed by atoms with Crippen LogP contribution in [-0.4, -0.2) is 28.4 Å². The Morgan fingerprint density at radius 2 is 2.00 bits per heavy atom. The maximum atomic E-state index is 12.4. The van der Waals surface area contributed by atoms with Gasteiger partial charge in [-0.1, -0.05) is 55.5 Å². The molecule has 1 saturated heterocycles. The Labute approximate surface area is 160 Å². The molecule has 0 radical (unpaired) electrons. The molecule has 0 saturated carbocycles. The average Bonchev–Trinajstić information content (AvgIpc) is 3.09. The van der Waals surface area contributed by atoms with Gasteiger partial charge in [-0.25, -0.2) is 0 Å². The minimum absolute atomic E-state index is 0.103. The summed E-state index contributed by atoms with van der Waals surface area (Å²) in [5.41, 5.74) is 1.06. The number of hydrogen-bond acceptors (Lipinski definition) is 3. The van der Waals surface area contributed by atoms with Crippen LogP contribution in [0.15, 0.2) is 54.6 Å². The van der Waals surface area contributed by atoms with Crippen molar-refractivity contribution in [1.82, 2.24) is 0 Å². The molecule has 140 valence electrons. The molecular formula is C22H28O3S. The summed E-state index contributed by atoms with van der Waals surface area (Å²) in [6.45, 7) is 1.96. The molecule has 1 fully saturated rings. The standard InChI is InChI=1S/C22H28O3S/c1-17(18-9-6-4-7-10-18)21(23)14-13-20-16-26-15-19(20)11-5-2-3-8-12-22(24)25/h2,4-7,9-10,13-14,17,19-20H,3,8,11-12,15-16H2,1H3,(H,24,25)/b5-2-,14-13+/t17?,19-,20+/m0/s1. The summed E-state index contributed by atoms with van der Waals surface area (Å²) >= 11 is 1.94. The summed E-state index contributed by atoms with van der Waals surface area (Å²) in [4.78, 5) is 22.9. The fraction of sp³-hybridized carbons (Fsp3) is 0.455. The first kappa shape index (κ1) is 20.5. The van der Waals surface area contributed by atoms with E-state index in [2.05, 4.69) is 18.2 Å². The largest absolute Gasteiger partial charge is 0.481 e. The smallest absolute Gasteiger partial charge is 0.303 e. The van der Waals surface area contributed by atoms with Gasteiger partial charge in [0.05, 0.1) is 0 Å². The second kappa shape index (κ2) is 11.0. The average molecular weight is 373 g/mol. The van der Waals surface area contributed by atoms with Gasteiger partial charge in [0.2, 0.25) is 0 Å². The number of thioether (sulfide) groups is 1. The van der Waals surface area contributed by atoms with Gasteiger partial charge >= 0.3 is 5.97 Å². The molecule has 1 aliphatic rings. The number of allylic oxidation sites excluding steroid dienone is 4.